The zero-order chi connectivity index (χ0) is 17.2. The number of H-pyrrole nitrogens is 1. The topological polar surface area (TPSA) is 36.0 Å². The molecule has 0 amide bonds. The Kier molecular flexibility index (Phi) is 5.24. The molecule has 0 spiro atoms. The number of rotatable bonds is 6. The van der Waals surface area contributed by atoms with Crippen LogP contribution in [0.2, 0.25) is 5.02 Å². The SMILES string of the molecule is CSCc1cccc2c(C(C)(CCO)c3ccc(Cl)cc3)c[nH]c12. The van der Waals surface area contributed by atoms with E-state index in [0.29, 0.717) is 6.42 Å². The minimum absolute atomic E-state index is 0.135. The lowest BCUT2D eigenvalue weighted by Crippen LogP contribution is -2.24. The number of aromatic nitrogens is 1. The standard InChI is InChI=1S/C20H22ClNOS/c1-20(10-11-23,15-6-8-16(21)9-7-15)18-12-22-19-14(13-24-2)4-3-5-17(18)19/h3-9,12,22-23H,10-11,13H2,1-2H3. The van der Waals surface area contributed by atoms with E-state index in [9.17, 15) is 5.11 Å². The van der Waals surface area contributed by atoms with Gasteiger partial charge in [-0.25, -0.2) is 0 Å². The molecule has 2 nitrogen and oxygen atoms in total. The van der Waals surface area contributed by atoms with Gasteiger partial charge in [0.2, 0.25) is 0 Å². The van der Waals surface area contributed by atoms with Gasteiger partial charge in [-0.2, -0.15) is 11.8 Å². The molecule has 0 aliphatic carbocycles. The van der Waals surface area contributed by atoms with Crippen molar-refractivity contribution in [2.24, 2.45) is 0 Å². The van der Waals surface area contributed by atoms with Gasteiger partial charge in [0.15, 0.2) is 0 Å². The molecule has 0 fully saturated rings. The predicted octanol–water partition coefficient (Wildman–Crippen LogP) is 5.37. The van der Waals surface area contributed by atoms with Crippen molar-refractivity contribution in [1.82, 2.24) is 4.98 Å². The van der Waals surface area contributed by atoms with Gasteiger partial charge in [-0.1, -0.05) is 48.9 Å². The number of aromatic amines is 1. The molecule has 1 aromatic heterocycles. The number of nitrogens with one attached hydrogen (secondary N) is 1. The zero-order valence-electron chi connectivity index (χ0n) is 14.0. The van der Waals surface area contributed by atoms with Crippen molar-refractivity contribution in [3.05, 3.63) is 70.4 Å². The largest absolute Gasteiger partial charge is 0.396 e. The Morgan fingerprint density at radius 3 is 2.58 bits per heavy atom. The van der Waals surface area contributed by atoms with E-state index < -0.39 is 0 Å². The van der Waals surface area contributed by atoms with Gasteiger partial charge in [-0.15, -0.1) is 0 Å². The Hall–Kier alpha value is -1.42. The molecule has 0 aliphatic rings. The first kappa shape index (κ1) is 17.4. The molecule has 4 heteroatoms. The second kappa shape index (κ2) is 7.22. The van der Waals surface area contributed by atoms with Crippen molar-refractivity contribution >= 4 is 34.3 Å². The Morgan fingerprint density at radius 2 is 1.92 bits per heavy atom. The number of benzene rings is 2. The second-order valence-corrected chi connectivity index (χ2v) is 7.59. The molecule has 0 radical (unpaired) electrons. The van der Waals surface area contributed by atoms with E-state index in [-0.39, 0.29) is 12.0 Å². The number of para-hydroxylation sites is 1. The van der Waals surface area contributed by atoms with Crippen molar-refractivity contribution in [3.8, 4) is 0 Å². The zero-order valence-corrected chi connectivity index (χ0v) is 15.5. The molecule has 2 aromatic carbocycles. The smallest absolute Gasteiger partial charge is 0.0498 e. The number of fused-ring (bicyclic) bond motifs is 1. The van der Waals surface area contributed by atoms with Crippen LogP contribution in [0.25, 0.3) is 10.9 Å². The molecule has 1 unspecified atom stereocenters. The molecule has 3 rings (SSSR count). The minimum atomic E-state index is -0.268. The molecule has 0 saturated heterocycles. The quantitative estimate of drug-likeness (QED) is 0.620. The summed E-state index contributed by atoms with van der Waals surface area (Å²) >= 11 is 7.88. The van der Waals surface area contributed by atoms with E-state index >= 15 is 0 Å². The third-order valence-corrected chi connectivity index (χ3v) is 5.64. The van der Waals surface area contributed by atoms with Gasteiger partial charge in [0.05, 0.1) is 0 Å². The number of halogens is 1. The van der Waals surface area contributed by atoms with E-state index in [0.717, 1.165) is 16.3 Å². The summed E-state index contributed by atoms with van der Waals surface area (Å²) in [5.74, 6) is 0.981. The Morgan fingerprint density at radius 1 is 1.17 bits per heavy atom. The van der Waals surface area contributed by atoms with Crippen molar-refractivity contribution < 1.29 is 5.11 Å². The summed E-state index contributed by atoms with van der Waals surface area (Å²) in [7, 11) is 0. The summed E-state index contributed by atoms with van der Waals surface area (Å²) in [6.45, 7) is 2.33. The summed E-state index contributed by atoms with van der Waals surface area (Å²) in [4.78, 5) is 3.47. The van der Waals surface area contributed by atoms with Crippen LogP contribution in [0.1, 0.15) is 30.0 Å². The molecule has 0 bridgehead atoms. The summed E-state index contributed by atoms with van der Waals surface area (Å²) in [5.41, 5.74) is 4.62. The molecule has 3 aromatic rings. The van der Waals surface area contributed by atoms with Crippen LogP contribution >= 0.6 is 23.4 Å². The maximum Gasteiger partial charge on any atom is 0.0498 e. The highest BCUT2D eigenvalue weighted by Crippen LogP contribution is 2.40. The van der Waals surface area contributed by atoms with E-state index in [1.165, 1.54) is 22.0 Å². The van der Waals surface area contributed by atoms with E-state index in [2.05, 4.69) is 54.7 Å². The number of hydrogen-bond donors (Lipinski definition) is 2. The first-order chi connectivity index (χ1) is 11.6. The van der Waals surface area contributed by atoms with Gasteiger partial charge in [0, 0.05) is 39.9 Å². The first-order valence-electron chi connectivity index (χ1n) is 8.05. The molecule has 126 valence electrons. The van der Waals surface area contributed by atoms with Crippen molar-refractivity contribution in [3.63, 3.8) is 0 Å². The first-order valence-corrected chi connectivity index (χ1v) is 9.82. The monoisotopic (exact) mass is 359 g/mol. The number of thioether (sulfide) groups is 1. The van der Waals surface area contributed by atoms with E-state index in [1.54, 1.807) is 0 Å². The van der Waals surface area contributed by atoms with Crippen LogP contribution in [0.3, 0.4) is 0 Å². The molecule has 1 atom stereocenters. The normalized spacial score (nSPS) is 14.0. The Labute approximate surface area is 152 Å². The minimum Gasteiger partial charge on any atom is -0.396 e. The predicted molar refractivity (Wildman–Crippen MR) is 105 cm³/mol. The van der Waals surface area contributed by atoms with Crippen LogP contribution < -0.4 is 0 Å². The van der Waals surface area contributed by atoms with Crippen LogP contribution in [-0.4, -0.2) is 23.0 Å². The lowest BCUT2D eigenvalue weighted by atomic mass is 9.74. The maximum atomic E-state index is 9.69. The van der Waals surface area contributed by atoms with Crippen LogP contribution in [0.4, 0.5) is 0 Å². The highest BCUT2D eigenvalue weighted by molar-refractivity contribution is 7.97. The third kappa shape index (κ3) is 3.08. The van der Waals surface area contributed by atoms with Gasteiger partial charge in [0.1, 0.15) is 0 Å². The maximum absolute atomic E-state index is 9.69. The molecule has 1 heterocycles. The molecule has 2 N–H and O–H groups in total. The van der Waals surface area contributed by atoms with Crippen LogP contribution in [0, 0.1) is 0 Å². The van der Waals surface area contributed by atoms with E-state index in [4.69, 9.17) is 11.6 Å². The molecule has 0 saturated carbocycles. The molecular weight excluding hydrogens is 338 g/mol. The van der Waals surface area contributed by atoms with Crippen molar-refractivity contribution in [1.29, 1.82) is 0 Å². The molecule has 24 heavy (non-hydrogen) atoms. The number of hydrogen-bond acceptors (Lipinski definition) is 2. The third-order valence-electron chi connectivity index (χ3n) is 4.79. The fraction of sp³-hybridized carbons (Fsp3) is 0.300. The highest BCUT2D eigenvalue weighted by Gasteiger charge is 2.31. The van der Waals surface area contributed by atoms with Crippen molar-refractivity contribution in [2.75, 3.05) is 12.9 Å². The Bertz CT molecular complexity index is 827. The summed E-state index contributed by atoms with van der Waals surface area (Å²) in [6, 6.07) is 14.4. The molecular formula is C20H22ClNOS. The van der Waals surface area contributed by atoms with Crippen LogP contribution in [0.15, 0.2) is 48.7 Å². The fourth-order valence-electron chi connectivity index (χ4n) is 3.43. The van der Waals surface area contributed by atoms with Gasteiger partial charge >= 0.3 is 0 Å². The highest BCUT2D eigenvalue weighted by atomic mass is 35.5. The van der Waals surface area contributed by atoms with Crippen molar-refractivity contribution in [2.45, 2.75) is 24.5 Å². The molecule has 0 aliphatic heterocycles. The van der Waals surface area contributed by atoms with Gasteiger partial charge < -0.3 is 10.1 Å². The van der Waals surface area contributed by atoms with Crippen LogP contribution in [0.5, 0.6) is 0 Å². The van der Waals surface area contributed by atoms with Gasteiger partial charge in [-0.3, -0.25) is 0 Å². The van der Waals surface area contributed by atoms with Crippen LogP contribution in [-0.2, 0) is 11.2 Å². The van der Waals surface area contributed by atoms with E-state index in [1.807, 2.05) is 23.9 Å². The number of aliphatic hydroxyl groups is 1. The lowest BCUT2D eigenvalue weighted by molar-refractivity contribution is 0.260. The lowest BCUT2D eigenvalue weighted by Gasteiger charge is -2.30. The summed E-state index contributed by atoms with van der Waals surface area (Å²) in [6.07, 6.45) is 4.87. The number of aliphatic hydroxyl groups excluding tert-OH is 1. The van der Waals surface area contributed by atoms with Gasteiger partial charge in [0.25, 0.3) is 0 Å². The Balaban J connectivity index is 2.17. The fourth-order valence-corrected chi connectivity index (χ4v) is 4.10. The second-order valence-electron chi connectivity index (χ2n) is 6.29. The summed E-state index contributed by atoms with van der Waals surface area (Å²) in [5, 5.41) is 11.6. The average Bonchev–Trinajstić information content (AvgIpc) is 3.01. The van der Waals surface area contributed by atoms with Gasteiger partial charge in [-0.05, 0) is 41.5 Å². The summed E-state index contributed by atoms with van der Waals surface area (Å²) < 4.78 is 0. The average molecular weight is 360 g/mol.